The molecule has 154 valence electrons. The van der Waals surface area contributed by atoms with Crippen molar-refractivity contribution in [2.75, 3.05) is 5.32 Å². The molecule has 0 bridgehead atoms. The van der Waals surface area contributed by atoms with E-state index in [0.29, 0.717) is 11.6 Å². The van der Waals surface area contributed by atoms with Crippen LogP contribution in [0.2, 0.25) is 5.02 Å². The molecule has 0 aliphatic rings. The zero-order valence-corrected chi connectivity index (χ0v) is 17.5. The van der Waals surface area contributed by atoms with Crippen molar-refractivity contribution >= 4 is 34.8 Å². The summed E-state index contributed by atoms with van der Waals surface area (Å²) in [6.45, 7) is 7.75. The number of hydrogen-bond acceptors (Lipinski definition) is 4. The molecule has 0 radical (unpaired) electrons. The van der Waals surface area contributed by atoms with Crippen molar-refractivity contribution < 1.29 is 14.5 Å². The first kappa shape index (κ1) is 22.4. The van der Waals surface area contributed by atoms with Crippen LogP contribution in [0.5, 0.6) is 0 Å². The number of carbonyl (C=O) groups is 2. The minimum absolute atomic E-state index is 0.0516. The molecule has 1 unspecified atom stereocenters. The Kier molecular flexibility index (Phi) is 7.34. The van der Waals surface area contributed by atoms with Gasteiger partial charge in [0, 0.05) is 17.8 Å². The third-order valence-electron chi connectivity index (χ3n) is 4.46. The molecule has 2 amide bonds. The Morgan fingerprint density at radius 3 is 2.31 bits per heavy atom. The van der Waals surface area contributed by atoms with Gasteiger partial charge in [0.2, 0.25) is 5.91 Å². The van der Waals surface area contributed by atoms with Crippen molar-refractivity contribution in [2.24, 2.45) is 5.92 Å². The fourth-order valence-corrected chi connectivity index (χ4v) is 3.01. The summed E-state index contributed by atoms with van der Waals surface area (Å²) in [5, 5.41) is 16.3. The Labute approximate surface area is 174 Å². The largest absolute Gasteiger partial charge is 0.340 e. The van der Waals surface area contributed by atoms with Crippen molar-refractivity contribution in [1.82, 2.24) is 5.32 Å². The highest BCUT2D eigenvalue weighted by Gasteiger charge is 2.26. The SMILES string of the molecule is CC(C)c1cccc(NC(=O)C(NC(=O)c2ccc([N+](=O)[O-])cc2Cl)C(C)C)c1. The number of benzene rings is 2. The summed E-state index contributed by atoms with van der Waals surface area (Å²) in [4.78, 5) is 35.6. The topological polar surface area (TPSA) is 101 Å². The smallest absolute Gasteiger partial charge is 0.270 e. The molecule has 0 aromatic heterocycles. The molecule has 2 rings (SSSR count). The van der Waals surface area contributed by atoms with Gasteiger partial charge in [-0.15, -0.1) is 0 Å². The van der Waals surface area contributed by atoms with Crippen molar-refractivity contribution in [1.29, 1.82) is 0 Å². The molecule has 0 spiro atoms. The number of nitro benzene ring substituents is 1. The van der Waals surface area contributed by atoms with E-state index in [1.807, 2.05) is 32.0 Å². The average Bonchev–Trinajstić information content (AvgIpc) is 2.65. The summed E-state index contributed by atoms with van der Waals surface area (Å²) in [5.74, 6) is -0.803. The van der Waals surface area contributed by atoms with Crippen LogP contribution in [-0.4, -0.2) is 22.8 Å². The molecule has 29 heavy (non-hydrogen) atoms. The first-order valence-corrected chi connectivity index (χ1v) is 9.63. The second-order valence-corrected chi connectivity index (χ2v) is 7.79. The van der Waals surface area contributed by atoms with Gasteiger partial charge in [-0.05, 0) is 35.6 Å². The lowest BCUT2D eigenvalue weighted by Gasteiger charge is -2.22. The van der Waals surface area contributed by atoms with Crippen LogP contribution in [0.4, 0.5) is 11.4 Å². The maximum Gasteiger partial charge on any atom is 0.270 e. The Hall–Kier alpha value is -2.93. The van der Waals surface area contributed by atoms with Crippen LogP contribution in [0, 0.1) is 16.0 Å². The van der Waals surface area contributed by atoms with E-state index in [0.717, 1.165) is 11.6 Å². The third kappa shape index (κ3) is 5.77. The van der Waals surface area contributed by atoms with Crippen LogP contribution >= 0.6 is 11.6 Å². The number of nitro groups is 1. The van der Waals surface area contributed by atoms with Crippen LogP contribution in [-0.2, 0) is 4.79 Å². The number of nitrogens with zero attached hydrogens (tertiary/aromatic N) is 1. The average molecular weight is 418 g/mol. The minimum Gasteiger partial charge on any atom is -0.340 e. The van der Waals surface area contributed by atoms with E-state index in [1.165, 1.54) is 12.1 Å². The summed E-state index contributed by atoms with van der Waals surface area (Å²) < 4.78 is 0. The number of hydrogen-bond donors (Lipinski definition) is 2. The van der Waals surface area contributed by atoms with Crippen LogP contribution in [0.1, 0.15) is 49.5 Å². The summed E-state index contributed by atoms with van der Waals surface area (Å²) in [7, 11) is 0. The third-order valence-corrected chi connectivity index (χ3v) is 4.78. The van der Waals surface area contributed by atoms with E-state index in [-0.39, 0.29) is 28.1 Å². The number of rotatable bonds is 7. The summed E-state index contributed by atoms with van der Waals surface area (Å²) in [5.41, 5.74) is 1.59. The second-order valence-electron chi connectivity index (χ2n) is 7.39. The minimum atomic E-state index is -0.809. The van der Waals surface area contributed by atoms with Crippen LogP contribution in [0.3, 0.4) is 0 Å². The lowest BCUT2D eigenvalue weighted by atomic mass is 10.0. The molecule has 0 heterocycles. The van der Waals surface area contributed by atoms with Gasteiger partial charge in [0.15, 0.2) is 0 Å². The second kappa shape index (κ2) is 9.52. The van der Waals surface area contributed by atoms with Crippen molar-refractivity contribution in [3.8, 4) is 0 Å². The molecule has 0 saturated heterocycles. The molecule has 2 aromatic rings. The fourth-order valence-electron chi connectivity index (χ4n) is 2.75. The highest BCUT2D eigenvalue weighted by molar-refractivity contribution is 6.34. The number of anilines is 1. The van der Waals surface area contributed by atoms with E-state index in [9.17, 15) is 19.7 Å². The first-order valence-electron chi connectivity index (χ1n) is 9.25. The molecule has 0 aliphatic heterocycles. The molecule has 2 N–H and O–H groups in total. The van der Waals surface area contributed by atoms with E-state index >= 15 is 0 Å². The van der Waals surface area contributed by atoms with Crippen LogP contribution < -0.4 is 10.6 Å². The van der Waals surface area contributed by atoms with Crippen molar-refractivity contribution in [3.05, 3.63) is 68.7 Å². The first-order chi connectivity index (χ1) is 13.6. The number of nitrogens with one attached hydrogen (secondary N) is 2. The number of amides is 2. The number of non-ortho nitro benzene ring substituents is 1. The van der Waals surface area contributed by atoms with E-state index in [4.69, 9.17) is 11.6 Å². The van der Waals surface area contributed by atoms with Crippen LogP contribution in [0.25, 0.3) is 0 Å². The summed E-state index contributed by atoms with van der Waals surface area (Å²) >= 11 is 6.02. The Bertz CT molecular complexity index is 928. The zero-order valence-electron chi connectivity index (χ0n) is 16.7. The molecule has 1 atom stereocenters. The van der Waals surface area contributed by atoms with Gasteiger partial charge < -0.3 is 10.6 Å². The van der Waals surface area contributed by atoms with Gasteiger partial charge in [-0.1, -0.05) is 51.4 Å². The van der Waals surface area contributed by atoms with Crippen LogP contribution in [0.15, 0.2) is 42.5 Å². The van der Waals surface area contributed by atoms with Gasteiger partial charge in [0.1, 0.15) is 6.04 Å². The van der Waals surface area contributed by atoms with Gasteiger partial charge in [-0.3, -0.25) is 19.7 Å². The number of carbonyl (C=O) groups excluding carboxylic acids is 2. The fraction of sp³-hybridized carbons (Fsp3) is 0.333. The summed E-state index contributed by atoms with van der Waals surface area (Å²) in [6.07, 6.45) is 0. The predicted molar refractivity (Wildman–Crippen MR) is 113 cm³/mol. The Morgan fingerprint density at radius 2 is 1.76 bits per heavy atom. The number of halogens is 1. The molecule has 0 fully saturated rings. The quantitative estimate of drug-likeness (QED) is 0.500. The molecular formula is C21H24ClN3O4. The molecule has 2 aromatic carbocycles. The maximum atomic E-state index is 12.8. The lowest BCUT2D eigenvalue weighted by molar-refractivity contribution is -0.384. The Balaban J connectivity index is 2.17. The van der Waals surface area contributed by atoms with E-state index < -0.39 is 16.9 Å². The van der Waals surface area contributed by atoms with Gasteiger partial charge in [-0.25, -0.2) is 0 Å². The predicted octanol–water partition coefficient (Wildman–Crippen LogP) is 4.76. The van der Waals surface area contributed by atoms with Gasteiger partial charge in [0.05, 0.1) is 15.5 Å². The molecule has 0 saturated carbocycles. The highest BCUT2D eigenvalue weighted by Crippen LogP contribution is 2.23. The zero-order chi connectivity index (χ0) is 21.7. The standard InChI is InChI=1S/C21H24ClN3O4/c1-12(2)14-6-5-7-15(10-14)23-21(27)19(13(3)4)24-20(26)17-9-8-16(25(28)29)11-18(17)22/h5-13,19H,1-4H3,(H,23,27)(H,24,26). The van der Waals surface area contributed by atoms with Gasteiger partial charge >= 0.3 is 0 Å². The van der Waals surface area contributed by atoms with E-state index in [2.05, 4.69) is 24.5 Å². The maximum absolute atomic E-state index is 12.8. The van der Waals surface area contributed by atoms with Crippen molar-refractivity contribution in [3.63, 3.8) is 0 Å². The highest BCUT2D eigenvalue weighted by atomic mass is 35.5. The lowest BCUT2D eigenvalue weighted by Crippen LogP contribution is -2.47. The monoisotopic (exact) mass is 417 g/mol. The van der Waals surface area contributed by atoms with Gasteiger partial charge in [-0.2, -0.15) is 0 Å². The molecule has 7 nitrogen and oxygen atoms in total. The van der Waals surface area contributed by atoms with E-state index in [1.54, 1.807) is 6.07 Å². The molecular weight excluding hydrogens is 394 g/mol. The normalized spacial score (nSPS) is 12.0. The van der Waals surface area contributed by atoms with Gasteiger partial charge in [0.25, 0.3) is 11.6 Å². The summed E-state index contributed by atoms with van der Waals surface area (Å²) in [6, 6.07) is 10.3. The molecule has 0 aliphatic carbocycles. The molecule has 8 heteroatoms. The van der Waals surface area contributed by atoms with Crippen molar-refractivity contribution in [2.45, 2.75) is 39.7 Å². The Morgan fingerprint density at radius 1 is 1.07 bits per heavy atom.